The van der Waals surface area contributed by atoms with E-state index in [0.29, 0.717) is 17.3 Å². The molecule has 0 bridgehead atoms. The Balaban J connectivity index is 2.48. The summed E-state index contributed by atoms with van der Waals surface area (Å²) in [7, 11) is 1.39. The van der Waals surface area contributed by atoms with Crippen molar-refractivity contribution in [1.29, 1.82) is 0 Å². The number of aromatic nitrogens is 2. The SMILES string of the molecule is COc1cc(-c2noc(CN)n2)cc(Br)c1F. The number of benzene rings is 1. The zero-order valence-electron chi connectivity index (χ0n) is 8.91. The number of methoxy groups -OCH3 is 1. The Morgan fingerprint density at radius 2 is 2.29 bits per heavy atom. The molecule has 1 aromatic carbocycles. The van der Waals surface area contributed by atoms with Crippen molar-refractivity contribution in [1.82, 2.24) is 10.1 Å². The first-order chi connectivity index (χ1) is 8.15. The van der Waals surface area contributed by atoms with Crippen LogP contribution in [-0.4, -0.2) is 17.3 Å². The van der Waals surface area contributed by atoms with E-state index in [-0.39, 0.29) is 16.8 Å². The van der Waals surface area contributed by atoms with E-state index in [1.54, 1.807) is 6.07 Å². The van der Waals surface area contributed by atoms with Gasteiger partial charge in [-0.1, -0.05) is 5.16 Å². The molecule has 2 N–H and O–H groups in total. The van der Waals surface area contributed by atoms with Crippen molar-refractivity contribution in [3.8, 4) is 17.1 Å². The molecule has 90 valence electrons. The smallest absolute Gasteiger partial charge is 0.240 e. The molecule has 17 heavy (non-hydrogen) atoms. The number of nitrogens with zero attached hydrogens (tertiary/aromatic N) is 2. The number of hydrogen-bond acceptors (Lipinski definition) is 5. The standard InChI is InChI=1S/C10H9BrFN3O2/c1-16-7-3-5(2-6(11)9(7)12)10-14-8(4-13)17-15-10/h2-3H,4,13H2,1H3. The Kier molecular flexibility index (Phi) is 3.39. The van der Waals surface area contributed by atoms with Crippen LogP contribution in [0.1, 0.15) is 5.89 Å². The summed E-state index contributed by atoms with van der Waals surface area (Å²) in [6, 6.07) is 3.04. The maximum absolute atomic E-state index is 13.5. The first kappa shape index (κ1) is 12.0. The summed E-state index contributed by atoms with van der Waals surface area (Å²) in [6.45, 7) is 0.159. The molecule has 0 saturated carbocycles. The van der Waals surface area contributed by atoms with Gasteiger partial charge in [0.25, 0.3) is 0 Å². The van der Waals surface area contributed by atoms with Gasteiger partial charge in [-0.25, -0.2) is 4.39 Å². The molecule has 0 fully saturated rings. The average molecular weight is 302 g/mol. The average Bonchev–Trinajstić information content (AvgIpc) is 2.81. The second-order valence-corrected chi connectivity index (χ2v) is 4.04. The van der Waals surface area contributed by atoms with Crippen LogP contribution in [0.4, 0.5) is 4.39 Å². The second-order valence-electron chi connectivity index (χ2n) is 3.19. The molecule has 0 aliphatic carbocycles. The minimum absolute atomic E-state index is 0.105. The predicted molar refractivity (Wildman–Crippen MR) is 61.8 cm³/mol. The van der Waals surface area contributed by atoms with Gasteiger partial charge >= 0.3 is 0 Å². The molecule has 0 atom stereocenters. The van der Waals surface area contributed by atoms with Crippen LogP contribution in [0.15, 0.2) is 21.1 Å². The van der Waals surface area contributed by atoms with E-state index < -0.39 is 5.82 Å². The van der Waals surface area contributed by atoms with Gasteiger partial charge in [-0.3, -0.25) is 0 Å². The van der Waals surface area contributed by atoms with E-state index in [0.717, 1.165) is 0 Å². The first-order valence-corrected chi connectivity index (χ1v) is 5.51. The lowest BCUT2D eigenvalue weighted by Gasteiger charge is -2.05. The molecular weight excluding hydrogens is 293 g/mol. The van der Waals surface area contributed by atoms with Crippen molar-refractivity contribution in [3.63, 3.8) is 0 Å². The molecular formula is C10H9BrFN3O2. The van der Waals surface area contributed by atoms with Crippen LogP contribution < -0.4 is 10.5 Å². The van der Waals surface area contributed by atoms with Crippen molar-refractivity contribution < 1.29 is 13.7 Å². The first-order valence-electron chi connectivity index (χ1n) is 4.71. The molecule has 2 rings (SSSR count). The lowest BCUT2D eigenvalue weighted by Crippen LogP contribution is -1.96. The Morgan fingerprint density at radius 1 is 1.53 bits per heavy atom. The summed E-state index contributed by atoms with van der Waals surface area (Å²) in [5.74, 6) is 0.288. The second kappa shape index (κ2) is 4.80. The van der Waals surface area contributed by atoms with Gasteiger partial charge < -0.3 is 15.0 Å². The van der Waals surface area contributed by atoms with Gasteiger partial charge in [0.1, 0.15) is 0 Å². The molecule has 0 aliphatic heterocycles. The molecule has 5 nitrogen and oxygen atoms in total. The molecule has 2 aromatic rings. The highest BCUT2D eigenvalue weighted by atomic mass is 79.9. The third kappa shape index (κ3) is 2.29. The number of rotatable bonds is 3. The Bertz CT molecular complexity index is 544. The fraction of sp³-hybridized carbons (Fsp3) is 0.200. The van der Waals surface area contributed by atoms with Gasteiger partial charge in [0.05, 0.1) is 18.1 Å². The number of ether oxygens (including phenoxy) is 1. The van der Waals surface area contributed by atoms with Gasteiger partial charge in [-0.15, -0.1) is 0 Å². The van der Waals surface area contributed by atoms with Crippen LogP contribution in [0.2, 0.25) is 0 Å². The van der Waals surface area contributed by atoms with Crippen LogP contribution in [0.5, 0.6) is 5.75 Å². The molecule has 0 amide bonds. The largest absolute Gasteiger partial charge is 0.494 e. The molecule has 0 radical (unpaired) electrons. The van der Waals surface area contributed by atoms with Gasteiger partial charge in [-0.05, 0) is 28.1 Å². The van der Waals surface area contributed by atoms with Crippen molar-refractivity contribution in [2.45, 2.75) is 6.54 Å². The summed E-state index contributed by atoms with van der Waals surface area (Å²) in [4.78, 5) is 4.04. The maximum atomic E-state index is 13.5. The van der Waals surface area contributed by atoms with Gasteiger partial charge in [0.2, 0.25) is 11.7 Å². The highest BCUT2D eigenvalue weighted by Gasteiger charge is 2.14. The molecule has 0 aliphatic rings. The van der Waals surface area contributed by atoms with E-state index in [1.807, 2.05) is 0 Å². The van der Waals surface area contributed by atoms with Gasteiger partial charge in [-0.2, -0.15) is 4.98 Å². The summed E-state index contributed by atoms with van der Waals surface area (Å²) in [5.41, 5.74) is 5.94. The summed E-state index contributed by atoms with van der Waals surface area (Å²) in [6.07, 6.45) is 0. The molecule has 0 unspecified atom stereocenters. The fourth-order valence-electron chi connectivity index (χ4n) is 1.30. The molecule has 0 saturated heterocycles. The van der Waals surface area contributed by atoms with Crippen molar-refractivity contribution in [3.05, 3.63) is 28.3 Å². The Hall–Kier alpha value is -1.47. The Labute approximate surface area is 105 Å². The molecule has 1 heterocycles. The highest BCUT2D eigenvalue weighted by Crippen LogP contribution is 2.30. The minimum Gasteiger partial charge on any atom is -0.494 e. The van der Waals surface area contributed by atoms with E-state index in [9.17, 15) is 4.39 Å². The van der Waals surface area contributed by atoms with Crippen LogP contribution >= 0.6 is 15.9 Å². The maximum Gasteiger partial charge on any atom is 0.240 e. The van der Waals surface area contributed by atoms with Crippen LogP contribution in [0.25, 0.3) is 11.4 Å². The van der Waals surface area contributed by atoms with Crippen molar-refractivity contribution >= 4 is 15.9 Å². The summed E-state index contributed by atoms with van der Waals surface area (Å²) in [5, 5.41) is 3.74. The number of hydrogen-bond donors (Lipinski definition) is 1. The van der Waals surface area contributed by atoms with Crippen LogP contribution in [0, 0.1) is 5.82 Å². The van der Waals surface area contributed by atoms with E-state index >= 15 is 0 Å². The van der Waals surface area contributed by atoms with Crippen LogP contribution in [0.3, 0.4) is 0 Å². The van der Waals surface area contributed by atoms with Gasteiger partial charge in [0.15, 0.2) is 11.6 Å². The molecule has 7 heteroatoms. The summed E-state index contributed by atoms with van der Waals surface area (Å²) < 4.78 is 23.6. The number of nitrogens with two attached hydrogens (primary N) is 1. The third-order valence-electron chi connectivity index (χ3n) is 2.12. The molecule has 1 aromatic heterocycles. The third-order valence-corrected chi connectivity index (χ3v) is 2.69. The quantitative estimate of drug-likeness (QED) is 0.940. The zero-order valence-corrected chi connectivity index (χ0v) is 10.5. The zero-order chi connectivity index (χ0) is 12.4. The fourth-order valence-corrected chi connectivity index (χ4v) is 1.74. The monoisotopic (exact) mass is 301 g/mol. The molecule has 0 spiro atoms. The lowest BCUT2D eigenvalue weighted by molar-refractivity contribution is 0.380. The predicted octanol–water partition coefficient (Wildman–Crippen LogP) is 2.11. The van der Waals surface area contributed by atoms with Crippen molar-refractivity contribution in [2.75, 3.05) is 7.11 Å². The lowest BCUT2D eigenvalue weighted by atomic mass is 10.2. The van der Waals surface area contributed by atoms with Gasteiger partial charge in [0, 0.05) is 5.56 Å². The number of halogens is 2. The topological polar surface area (TPSA) is 74.2 Å². The van der Waals surface area contributed by atoms with E-state index in [2.05, 4.69) is 26.1 Å². The summed E-state index contributed by atoms with van der Waals surface area (Å²) >= 11 is 3.09. The van der Waals surface area contributed by atoms with E-state index in [1.165, 1.54) is 13.2 Å². The van der Waals surface area contributed by atoms with Crippen LogP contribution in [-0.2, 0) is 6.54 Å². The van der Waals surface area contributed by atoms with E-state index in [4.69, 9.17) is 15.0 Å². The normalized spacial score (nSPS) is 10.6. The minimum atomic E-state index is -0.473. The highest BCUT2D eigenvalue weighted by molar-refractivity contribution is 9.10. The van der Waals surface area contributed by atoms with Crippen molar-refractivity contribution in [2.24, 2.45) is 5.73 Å². The Morgan fingerprint density at radius 3 is 2.88 bits per heavy atom.